The van der Waals surface area contributed by atoms with E-state index in [-0.39, 0.29) is 11.6 Å². The Morgan fingerprint density at radius 2 is 1.90 bits per heavy atom. The minimum Gasteiger partial charge on any atom is -0.372 e. The van der Waals surface area contributed by atoms with Crippen molar-refractivity contribution < 1.29 is 4.74 Å². The third-order valence-corrected chi connectivity index (χ3v) is 3.48. The smallest absolute Gasteiger partial charge is 0.0949 e. The molecule has 0 fully saturated rings. The molecule has 1 N–H and O–H groups in total. The van der Waals surface area contributed by atoms with Crippen LogP contribution in [0.2, 0.25) is 0 Å². The van der Waals surface area contributed by atoms with E-state index in [1.165, 1.54) is 17.5 Å². The number of hydrogen-bond donors (Lipinski definition) is 1. The van der Waals surface area contributed by atoms with E-state index in [4.69, 9.17) is 4.74 Å². The highest BCUT2D eigenvalue weighted by atomic mass is 16.5. The van der Waals surface area contributed by atoms with Gasteiger partial charge in [0.2, 0.25) is 0 Å². The first-order valence-electron chi connectivity index (χ1n) is 8.21. The molecule has 21 heavy (non-hydrogen) atoms. The van der Waals surface area contributed by atoms with Crippen molar-refractivity contribution in [2.24, 2.45) is 5.92 Å². The average molecular weight is 291 g/mol. The second-order valence-corrected chi connectivity index (χ2v) is 7.44. The summed E-state index contributed by atoms with van der Waals surface area (Å²) in [6, 6.07) is 8.66. The quantitative estimate of drug-likeness (QED) is 0.689. The van der Waals surface area contributed by atoms with Crippen molar-refractivity contribution >= 4 is 0 Å². The SMILES string of the molecule is Cc1cccc(C(CNC(C)(C)C)OCCCC(C)C)c1. The Bertz CT molecular complexity index is 406. The molecule has 1 unspecified atom stereocenters. The lowest BCUT2D eigenvalue weighted by Gasteiger charge is -2.26. The van der Waals surface area contributed by atoms with Crippen molar-refractivity contribution in [1.29, 1.82) is 0 Å². The van der Waals surface area contributed by atoms with E-state index < -0.39 is 0 Å². The highest BCUT2D eigenvalue weighted by Gasteiger charge is 2.16. The zero-order valence-electron chi connectivity index (χ0n) is 14.7. The van der Waals surface area contributed by atoms with Gasteiger partial charge in [-0.25, -0.2) is 0 Å². The molecule has 0 aliphatic heterocycles. The Balaban J connectivity index is 2.61. The van der Waals surface area contributed by atoms with E-state index in [9.17, 15) is 0 Å². The van der Waals surface area contributed by atoms with Gasteiger partial charge in [0.15, 0.2) is 0 Å². The van der Waals surface area contributed by atoms with E-state index >= 15 is 0 Å². The minimum absolute atomic E-state index is 0.114. The molecule has 1 atom stereocenters. The molecule has 1 aromatic rings. The van der Waals surface area contributed by atoms with Crippen LogP contribution < -0.4 is 5.32 Å². The van der Waals surface area contributed by atoms with Gasteiger partial charge in [-0.1, -0.05) is 43.7 Å². The van der Waals surface area contributed by atoms with Gasteiger partial charge < -0.3 is 10.1 Å². The number of nitrogens with one attached hydrogen (secondary N) is 1. The second kappa shape index (κ2) is 8.55. The second-order valence-electron chi connectivity index (χ2n) is 7.44. The van der Waals surface area contributed by atoms with Crippen LogP contribution in [0.25, 0.3) is 0 Å². The number of benzene rings is 1. The van der Waals surface area contributed by atoms with Gasteiger partial charge in [0.05, 0.1) is 6.10 Å². The molecule has 0 aliphatic carbocycles. The molecule has 2 nitrogen and oxygen atoms in total. The molecule has 0 aromatic heterocycles. The van der Waals surface area contributed by atoms with Crippen LogP contribution in [-0.4, -0.2) is 18.7 Å². The largest absolute Gasteiger partial charge is 0.372 e. The maximum absolute atomic E-state index is 6.17. The van der Waals surface area contributed by atoms with Crippen LogP contribution >= 0.6 is 0 Å². The summed E-state index contributed by atoms with van der Waals surface area (Å²) in [4.78, 5) is 0. The lowest BCUT2D eigenvalue weighted by atomic mass is 10.0. The lowest BCUT2D eigenvalue weighted by Crippen LogP contribution is -2.39. The summed E-state index contributed by atoms with van der Waals surface area (Å²) in [6.07, 6.45) is 2.50. The number of rotatable bonds is 8. The van der Waals surface area contributed by atoms with Crippen LogP contribution in [-0.2, 0) is 4.74 Å². The summed E-state index contributed by atoms with van der Waals surface area (Å²) in [5.74, 6) is 0.749. The van der Waals surface area contributed by atoms with Gasteiger partial charge in [0.25, 0.3) is 0 Å². The number of hydrogen-bond acceptors (Lipinski definition) is 2. The van der Waals surface area contributed by atoms with Crippen molar-refractivity contribution in [3.63, 3.8) is 0 Å². The van der Waals surface area contributed by atoms with E-state index in [1.54, 1.807) is 0 Å². The fourth-order valence-corrected chi connectivity index (χ4v) is 2.26. The molecule has 2 heteroatoms. The van der Waals surface area contributed by atoms with E-state index in [1.807, 2.05) is 0 Å². The zero-order chi connectivity index (χ0) is 15.9. The predicted molar refractivity (Wildman–Crippen MR) is 91.7 cm³/mol. The van der Waals surface area contributed by atoms with Gasteiger partial charge in [0.1, 0.15) is 0 Å². The Labute approximate surface area is 131 Å². The molecule has 0 bridgehead atoms. The number of ether oxygens (including phenoxy) is 1. The van der Waals surface area contributed by atoms with Gasteiger partial charge in [0, 0.05) is 18.7 Å². The highest BCUT2D eigenvalue weighted by Crippen LogP contribution is 2.20. The zero-order valence-corrected chi connectivity index (χ0v) is 14.7. The van der Waals surface area contributed by atoms with Crippen LogP contribution in [0.4, 0.5) is 0 Å². The Hall–Kier alpha value is -0.860. The predicted octanol–water partition coefficient (Wildman–Crippen LogP) is 4.88. The van der Waals surface area contributed by atoms with Crippen LogP contribution in [0.5, 0.6) is 0 Å². The molecule has 0 saturated heterocycles. The molecule has 1 rings (SSSR count). The average Bonchev–Trinajstić information content (AvgIpc) is 2.36. The minimum atomic E-state index is 0.114. The molecule has 0 heterocycles. The summed E-state index contributed by atoms with van der Waals surface area (Å²) in [6.45, 7) is 14.9. The monoisotopic (exact) mass is 291 g/mol. The third kappa shape index (κ3) is 8.23. The van der Waals surface area contributed by atoms with Crippen molar-refractivity contribution in [2.45, 2.75) is 66.0 Å². The van der Waals surface area contributed by atoms with Gasteiger partial charge in [-0.2, -0.15) is 0 Å². The molecule has 1 aromatic carbocycles. The maximum Gasteiger partial charge on any atom is 0.0949 e. The molecule has 0 radical (unpaired) electrons. The van der Waals surface area contributed by atoms with E-state index in [0.717, 1.165) is 25.5 Å². The highest BCUT2D eigenvalue weighted by molar-refractivity contribution is 5.24. The fraction of sp³-hybridized carbons (Fsp3) is 0.684. The van der Waals surface area contributed by atoms with Gasteiger partial charge in [-0.15, -0.1) is 0 Å². The van der Waals surface area contributed by atoms with Gasteiger partial charge in [-0.3, -0.25) is 0 Å². The van der Waals surface area contributed by atoms with E-state index in [0.29, 0.717) is 0 Å². The molecular formula is C19H33NO. The molecule has 0 spiro atoms. The standard InChI is InChI=1S/C19H33NO/c1-15(2)9-8-12-21-18(14-20-19(4,5)6)17-11-7-10-16(3)13-17/h7,10-11,13,15,18,20H,8-9,12,14H2,1-6H3. The van der Waals surface area contributed by atoms with Crippen molar-refractivity contribution in [2.75, 3.05) is 13.2 Å². The third-order valence-electron chi connectivity index (χ3n) is 3.48. The molecule has 120 valence electrons. The lowest BCUT2D eigenvalue weighted by molar-refractivity contribution is 0.0445. The summed E-state index contributed by atoms with van der Waals surface area (Å²) in [5.41, 5.74) is 2.68. The van der Waals surface area contributed by atoms with Crippen LogP contribution in [0.1, 0.15) is 64.7 Å². The summed E-state index contributed by atoms with van der Waals surface area (Å²) in [7, 11) is 0. The van der Waals surface area contributed by atoms with Gasteiger partial charge in [-0.05, 0) is 52.0 Å². The van der Waals surface area contributed by atoms with Crippen LogP contribution in [0, 0.1) is 12.8 Å². The molecule has 0 aliphatic rings. The first-order chi connectivity index (χ1) is 9.78. The van der Waals surface area contributed by atoms with Crippen molar-refractivity contribution in [1.82, 2.24) is 5.32 Å². The van der Waals surface area contributed by atoms with E-state index in [2.05, 4.69) is 71.1 Å². The Kier molecular flexibility index (Phi) is 7.41. The molecular weight excluding hydrogens is 258 g/mol. The fourth-order valence-electron chi connectivity index (χ4n) is 2.26. The van der Waals surface area contributed by atoms with Gasteiger partial charge >= 0.3 is 0 Å². The number of aryl methyl sites for hydroxylation is 1. The van der Waals surface area contributed by atoms with Crippen molar-refractivity contribution in [3.05, 3.63) is 35.4 Å². The topological polar surface area (TPSA) is 21.3 Å². The summed E-state index contributed by atoms with van der Waals surface area (Å²) >= 11 is 0. The Morgan fingerprint density at radius 1 is 1.19 bits per heavy atom. The normalized spacial score (nSPS) is 13.7. The van der Waals surface area contributed by atoms with Crippen LogP contribution in [0.3, 0.4) is 0 Å². The first kappa shape index (κ1) is 18.2. The van der Waals surface area contributed by atoms with Crippen LogP contribution in [0.15, 0.2) is 24.3 Å². The first-order valence-corrected chi connectivity index (χ1v) is 8.21. The molecule has 0 saturated carbocycles. The summed E-state index contributed by atoms with van der Waals surface area (Å²) in [5, 5.41) is 3.56. The Morgan fingerprint density at radius 3 is 2.48 bits per heavy atom. The molecule has 0 amide bonds. The summed E-state index contributed by atoms with van der Waals surface area (Å²) < 4.78 is 6.17. The van der Waals surface area contributed by atoms with Crippen molar-refractivity contribution in [3.8, 4) is 0 Å². The maximum atomic E-state index is 6.17.